The summed E-state index contributed by atoms with van der Waals surface area (Å²) in [6.45, 7) is 1.68. The second-order valence-corrected chi connectivity index (χ2v) is 10.1. The van der Waals surface area contributed by atoms with E-state index in [4.69, 9.17) is 27.9 Å². The molecule has 0 aromatic heterocycles. The van der Waals surface area contributed by atoms with Crippen LogP contribution in [0.2, 0.25) is 10.0 Å². The number of ether oxygens (including phenoxy) is 1. The minimum absolute atomic E-state index is 0.0467. The number of halogens is 2. The first kappa shape index (κ1) is 24.9. The number of nitrogens with zero attached hydrogens (tertiary/aromatic N) is 2. The van der Waals surface area contributed by atoms with Gasteiger partial charge in [-0.1, -0.05) is 59.6 Å². The molecule has 0 fully saturated rings. The zero-order valence-corrected chi connectivity index (χ0v) is 20.8. The van der Waals surface area contributed by atoms with Gasteiger partial charge >= 0.3 is 0 Å². The van der Waals surface area contributed by atoms with E-state index < -0.39 is 16.6 Å². The Hall–Kier alpha value is -2.74. The van der Waals surface area contributed by atoms with Crippen LogP contribution in [0.15, 0.2) is 71.6 Å². The average molecular weight is 507 g/mol. The first-order chi connectivity index (χ1) is 15.6. The number of rotatable bonds is 8. The van der Waals surface area contributed by atoms with Crippen LogP contribution >= 0.6 is 23.2 Å². The SMILES string of the molecule is COc1ccc(C)cc1S(=O)(=O)N(CC(=O)N(C)Cc1ccccc1)c1ccc(Cl)c(Cl)c1. The van der Waals surface area contributed by atoms with Gasteiger partial charge in [-0.3, -0.25) is 9.10 Å². The first-order valence-electron chi connectivity index (χ1n) is 10.0. The van der Waals surface area contributed by atoms with Gasteiger partial charge in [0.15, 0.2) is 0 Å². The van der Waals surface area contributed by atoms with E-state index in [0.717, 1.165) is 15.4 Å². The average Bonchev–Trinajstić information content (AvgIpc) is 2.79. The molecule has 0 unspecified atom stereocenters. The Morgan fingerprint density at radius 2 is 1.67 bits per heavy atom. The number of anilines is 1. The molecule has 0 bridgehead atoms. The summed E-state index contributed by atoms with van der Waals surface area (Å²) in [5.74, 6) is -0.212. The van der Waals surface area contributed by atoms with Crippen molar-refractivity contribution < 1.29 is 17.9 Å². The van der Waals surface area contributed by atoms with E-state index in [2.05, 4.69) is 0 Å². The lowest BCUT2D eigenvalue weighted by Gasteiger charge is -2.27. The van der Waals surface area contributed by atoms with Crippen LogP contribution in [-0.4, -0.2) is 39.9 Å². The molecule has 0 aliphatic carbocycles. The molecule has 9 heteroatoms. The molecule has 6 nitrogen and oxygen atoms in total. The zero-order chi connectivity index (χ0) is 24.2. The van der Waals surface area contributed by atoms with E-state index in [0.29, 0.717) is 6.54 Å². The monoisotopic (exact) mass is 506 g/mol. The summed E-state index contributed by atoms with van der Waals surface area (Å²) < 4.78 is 33.9. The summed E-state index contributed by atoms with van der Waals surface area (Å²) in [7, 11) is -1.17. The molecule has 0 aliphatic heterocycles. The number of methoxy groups -OCH3 is 1. The Kier molecular flexibility index (Phi) is 7.89. The van der Waals surface area contributed by atoms with E-state index in [1.165, 1.54) is 36.3 Å². The predicted molar refractivity (Wildman–Crippen MR) is 132 cm³/mol. The Morgan fingerprint density at radius 1 is 0.970 bits per heavy atom. The summed E-state index contributed by atoms with van der Waals surface area (Å²) in [5, 5.41) is 0.453. The van der Waals surface area contributed by atoms with Gasteiger partial charge in [0.05, 0.1) is 22.8 Å². The highest BCUT2D eigenvalue weighted by molar-refractivity contribution is 7.93. The molecule has 174 valence electrons. The van der Waals surface area contributed by atoms with Crippen molar-refractivity contribution in [2.75, 3.05) is 25.0 Å². The third kappa shape index (κ3) is 5.79. The van der Waals surface area contributed by atoms with Crippen molar-refractivity contribution in [1.29, 1.82) is 0 Å². The van der Waals surface area contributed by atoms with Gasteiger partial charge in [0.2, 0.25) is 5.91 Å². The lowest BCUT2D eigenvalue weighted by Crippen LogP contribution is -2.41. The van der Waals surface area contributed by atoms with Crippen LogP contribution in [0.5, 0.6) is 5.75 Å². The normalized spacial score (nSPS) is 11.2. The number of benzene rings is 3. The Bertz CT molecular complexity index is 1250. The number of likely N-dealkylation sites (N-methyl/N-ethyl adjacent to an activating group) is 1. The Labute approximate surface area is 204 Å². The van der Waals surface area contributed by atoms with Crippen molar-refractivity contribution >= 4 is 44.8 Å². The number of sulfonamides is 1. The van der Waals surface area contributed by atoms with Crippen LogP contribution in [0.3, 0.4) is 0 Å². The number of carbonyl (C=O) groups excluding carboxylic acids is 1. The molecule has 0 N–H and O–H groups in total. The number of hydrogen-bond acceptors (Lipinski definition) is 4. The molecule has 0 radical (unpaired) electrons. The van der Waals surface area contributed by atoms with Crippen LogP contribution < -0.4 is 9.04 Å². The molecule has 3 aromatic rings. The molecule has 0 atom stereocenters. The quantitative estimate of drug-likeness (QED) is 0.422. The zero-order valence-electron chi connectivity index (χ0n) is 18.5. The minimum Gasteiger partial charge on any atom is -0.495 e. The van der Waals surface area contributed by atoms with Crippen LogP contribution in [0.4, 0.5) is 5.69 Å². The van der Waals surface area contributed by atoms with E-state index in [-0.39, 0.29) is 32.3 Å². The fraction of sp³-hybridized carbons (Fsp3) is 0.208. The topological polar surface area (TPSA) is 66.9 Å². The van der Waals surface area contributed by atoms with Crippen molar-refractivity contribution in [3.8, 4) is 5.75 Å². The van der Waals surface area contributed by atoms with Gasteiger partial charge in [-0.15, -0.1) is 0 Å². The molecular weight excluding hydrogens is 483 g/mol. The standard InChI is InChI=1S/C24H24Cl2N2O4S/c1-17-9-12-22(32-3)23(13-17)33(30,31)28(19-10-11-20(25)21(26)14-19)16-24(29)27(2)15-18-7-5-4-6-8-18/h4-14H,15-16H2,1-3H3. The highest BCUT2D eigenvalue weighted by atomic mass is 35.5. The highest BCUT2D eigenvalue weighted by Crippen LogP contribution is 2.33. The van der Waals surface area contributed by atoms with Crippen molar-refractivity contribution in [3.63, 3.8) is 0 Å². The van der Waals surface area contributed by atoms with Gasteiger partial charge in [0, 0.05) is 13.6 Å². The Morgan fingerprint density at radius 3 is 2.30 bits per heavy atom. The second-order valence-electron chi connectivity index (χ2n) is 7.50. The summed E-state index contributed by atoms with van der Waals surface area (Å²) in [4.78, 5) is 14.5. The van der Waals surface area contributed by atoms with E-state index >= 15 is 0 Å². The third-order valence-electron chi connectivity index (χ3n) is 5.05. The summed E-state index contributed by atoms with van der Waals surface area (Å²) >= 11 is 12.2. The largest absolute Gasteiger partial charge is 0.495 e. The number of carbonyl (C=O) groups is 1. The van der Waals surface area contributed by atoms with Crippen LogP contribution in [-0.2, 0) is 21.4 Å². The molecule has 0 aliphatic rings. The molecule has 0 saturated carbocycles. The highest BCUT2D eigenvalue weighted by Gasteiger charge is 2.31. The molecule has 1 amide bonds. The molecule has 0 heterocycles. The van der Waals surface area contributed by atoms with Gasteiger partial charge in [-0.25, -0.2) is 8.42 Å². The van der Waals surface area contributed by atoms with E-state index in [1.54, 1.807) is 26.1 Å². The maximum absolute atomic E-state index is 13.8. The lowest BCUT2D eigenvalue weighted by molar-refractivity contribution is -0.128. The molecule has 33 heavy (non-hydrogen) atoms. The fourth-order valence-electron chi connectivity index (χ4n) is 3.25. The van der Waals surface area contributed by atoms with Crippen LogP contribution in [0, 0.1) is 6.92 Å². The number of amides is 1. The molecule has 3 rings (SSSR count). The lowest BCUT2D eigenvalue weighted by atomic mass is 10.2. The van der Waals surface area contributed by atoms with Gasteiger partial charge < -0.3 is 9.64 Å². The van der Waals surface area contributed by atoms with Crippen molar-refractivity contribution in [1.82, 2.24) is 4.90 Å². The van der Waals surface area contributed by atoms with Gasteiger partial charge in [-0.2, -0.15) is 0 Å². The summed E-state index contributed by atoms with van der Waals surface area (Å²) in [6, 6.07) is 18.7. The molecule has 0 spiro atoms. The van der Waals surface area contributed by atoms with Gasteiger partial charge in [0.25, 0.3) is 10.0 Å². The van der Waals surface area contributed by atoms with E-state index in [1.807, 2.05) is 30.3 Å². The Balaban J connectivity index is 2.02. The van der Waals surface area contributed by atoms with Crippen LogP contribution in [0.25, 0.3) is 0 Å². The van der Waals surface area contributed by atoms with Gasteiger partial charge in [-0.05, 0) is 48.4 Å². The number of hydrogen-bond donors (Lipinski definition) is 0. The predicted octanol–water partition coefficient (Wildman–Crippen LogP) is 5.16. The maximum Gasteiger partial charge on any atom is 0.268 e. The van der Waals surface area contributed by atoms with Crippen LogP contribution in [0.1, 0.15) is 11.1 Å². The third-order valence-corrected chi connectivity index (χ3v) is 7.58. The summed E-state index contributed by atoms with van der Waals surface area (Å²) in [5.41, 5.74) is 1.88. The van der Waals surface area contributed by atoms with Crippen molar-refractivity contribution in [3.05, 3.63) is 87.9 Å². The smallest absolute Gasteiger partial charge is 0.268 e. The van der Waals surface area contributed by atoms with E-state index in [9.17, 15) is 13.2 Å². The maximum atomic E-state index is 13.8. The van der Waals surface area contributed by atoms with Crippen molar-refractivity contribution in [2.24, 2.45) is 0 Å². The van der Waals surface area contributed by atoms with Crippen molar-refractivity contribution in [2.45, 2.75) is 18.4 Å². The molecule has 3 aromatic carbocycles. The van der Waals surface area contributed by atoms with Gasteiger partial charge in [0.1, 0.15) is 17.2 Å². The minimum atomic E-state index is -4.19. The molecular formula is C24H24Cl2N2O4S. The first-order valence-corrected chi connectivity index (χ1v) is 12.2. The summed E-state index contributed by atoms with van der Waals surface area (Å²) in [6.07, 6.45) is 0. The second kappa shape index (κ2) is 10.5. The fourth-order valence-corrected chi connectivity index (χ4v) is 5.19. The number of aryl methyl sites for hydroxylation is 1. The molecule has 0 saturated heterocycles.